The predicted octanol–water partition coefficient (Wildman–Crippen LogP) is 2.58. The van der Waals surface area contributed by atoms with Crippen molar-refractivity contribution >= 4 is 0 Å². The smallest absolute Gasteiger partial charge is 0.233 e. The van der Waals surface area contributed by atoms with Gasteiger partial charge in [0.25, 0.3) is 0 Å². The molecule has 2 fully saturated rings. The van der Waals surface area contributed by atoms with Gasteiger partial charge >= 0.3 is 0 Å². The molecule has 0 bridgehead atoms. The SMILES string of the molecule is Cc1nnc([C@@H](C)N2CCC[C@H](c3noc(C4CC4)n3)C2)o1. The Bertz CT molecular complexity index is 648. The van der Waals surface area contributed by atoms with Crippen LogP contribution in [0.25, 0.3) is 0 Å². The van der Waals surface area contributed by atoms with Gasteiger partial charge < -0.3 is 8.94 Å². The highest BCUT2D eigenvalue weighted by molar-refractivity contribution is 5.06. The van der Waals surface area contributed by atoms with Crippen molar-refractivity contribution in [1.29, 1.82) is 0 Å². The van der Waals surface area contributed by atoms with Gasteiger partial charge in [0.2, 0.25) is 17.7 Å². The first kappa shape index (κ1) is 13.9. The number of hydrogen-bond acceptors (Lipinski definition) is 7. The Hall–Kier alpha value is -1.76. The molecule has 0 unspecified atom stereocenters. The fourth-order valence-corrected chi connectivity index (χ4v) is 3.11. The minimum absolute atomic E-state index is 0.124. The van der Waals surface area contributed by atoms with Gasteiger partial charge in [-0.25, -0.2) is 0 Å². The lowest BCUT2D eigenvalue weighted by atomic mass is 9.96. The van der Waals surface area contributed by atoms with Gasteiger partial charge in [-0.2, -0.15) is 4.98 Å². The first-order valence-electron chi connectivity index (χ1n) is 8.08. The molecule has 0 spiro atoms. The largest absolute Gasteiger partial charge is 0.424 e. The Morgan fingerprint density at radius 3 is 2.77 bits per heavy atom. The van der Waals surface area contributed by atoms with Gasteiger partial charge in [0.05, 0.1) is 6.04 Å². The minimum atomic E-state index is 0.124. The second kappa shape index (κ2) is 5.46. The second-order valence-electron chi connectivity index (χ2n) is 6.43. The van der Waals surface area contributed by atoms with E-state index in [1.165, 1.54) is 12.8 Å². The lowest BCUT2D eigenvalue weighted by molar-refractivity contribution is 0.135. The van der Waals surface area contributed by atoms with Crippen LogP contribution in [0.3, 0.4) is 0 Å². The zero-order valence-corrected chi connectivity index (χ0v) is 13.0. The maximum Gasteiger partial charge on any atom is 0.233 e. The van der Waals surface area contributed by atoms with Crippen LogP contribution in [0.1, 0.15) is 74.0 Å². The normalized spacial score (nSPS) is 24.5. The van der Waals surface area contributed by atoms with Crippen LogP contribution in [0, 0.1) is 6.92 Å². The van der Waals surface area contributed by atoms with Crippen LogP contribution in [0.15, 0.2) is 8.94 Å². The highest BCUT2D eigenvalue weighted by Gasteiger charge is 2.33. The van der Waals surface area contributed by atoms with E-state index in [1.807, 2.05) is 6.92 Å². The zero-order chi connectivity index (χ0) is 15.1. The third-order valence-corrected chi connectivity index (χ3v) is 4.65. The third-order valence-electron chi connectivity index (χ3n) is 4.65. The standard InChI is InChI=1S/C15H21N5O2/c1-9(14-18-17-10(2)21-14)20-7-3-4-12(8-20)13-16-15(22-19-13)11-5-6-11/h9,11-12H,3-8H2,1-2H3/t9-,12+/m1/s1. The van der Waals surface area contributed by atoms with Gasteiger partial charge in [-0.3, -0.25) is 4.90 Å². The Balaban J connectivity index is 1.46. The van der Waals surface area contributed by atoms with Crippen molar-refractivity contribution in [2.24, 2.45) is 0 Å². The molecule has 7 nitrogen and oxygen atoms in total. The highest BCUT2D eigenvalue weighted by Crippen LogP contribution is 2.40. The first-order chi connectivity index (χ1) is 10.7. The van der Waals surface area contributed by atoms with Crippen molar-refractivity contribution in [3.63, 3.8) is 0 Å². The monoisotopic (exact) mass is 303 g/mol. The fourth-order valence-electron chi connectivity index (χ4n) is 3.11. The van der Waals surface area contributed by atoms with Gasteiger partial charge in [-0.1, -0.05) is 5.16 Å². The molecule has 0 aromatic carbocycles. The summed E-state index contributed by atoms with van der Waals surface area (Å²) in [6.07, 6.45) is 4.60. The van der Waals surface area contributed by atoms with Crippen molar-refractivity contribution in [3.05, 3.63) is 23.5 Å². The molecule has 2 atom stereocenters. The number of rotatable bonds is 4. The van der Waals surface area contributed by atoms with Gasteiger partial charge in [-0.15, -0.1) is 10.2 Å². The minimum Gasteiger partial charge on any atom is -0.424 e. The quantitative estimate of drug-likeness (QED) is 0.858. The molecule has 0 radical (unpaired) electrons. The van der Waals surface area contributed by atoms with E-state index < -0.39 is 0 Å². The average Bonchev–Trinajstić information content (AvgIpc) is 3.10. The Morgan fingerprint density at radius 2 is 2.05 bits per heavy atom. The van der Waals surface area contributed by atoms with E-state index in [0.29, 0.717) is 23.6 Å². The number of piperidine rings is 1. The summed E-state index contributed by atoms with van der Waals surface area (Å²) < 4.78 is 11.0. The number of aryl methyl sites for hydroxylation is 1. The summed E-state index contributed by atoms with van der Waals surface area (Å²) in [5.74, 6) is 3.83. The van der Waals surface area contributed by atoms with E-state index in [1.54, 1.807) is 0 Å². The van der Waals surface area contributed by atoms with Crippen molar-refractivity contribution < 1.29 is 8.94 Å². The summed E-state index contributed by atoms with van der Waals surface area (Å²) in [4.78, 5) is 6.98. The topological polar surface area (TPSA) is 81.1 Å². The molecule has 1 aliphatic carbocycles. The van der Waals surface area contributed by atoms with Crippen molar-refractivity contribution in [3.8, 4) is 0 Å². The number of likely N-dealkylation sites (tertiary alicyclic amines) is 1. The van der Waals surface area contributed by atoms with Crippen LogP contribution < -0.4 is 0 Å². The molecule has 2 aliphatic rings. The maximum absolute atomic E-state index is 5.57. The summed E-state index contributed by atoms with van der Waals surface area (Å²) in [6.45, 7) is 5.88. The molecule has 4 rings (SSSR count). The molecular weight excluding hydrogens is 282 g/mol. The maximum atomic E-state index is 5.57. The molecule has 2 aromatic heterocycles. The molecule has 7 heteroatoms. The molecule has 0 N–H and O–H groups in total. The van der Waals surface area contributed by atoms with E-state index in [9.17, 15) is 0 Å². The molecule has 0 amide bonds. The Kier molecular flexibility index (Phi) is 3.44. The van der Waals surface area contributed by atoms with Gasteiger partial charge in [0.15, 0.2) is 5.82 Å². The molecule has 118 valence electrons. The number of hydrogen-bond donors (Lipinski definition) is 0. The van der Waals surface area contributed by atoms with E-state index in [0.717, 1.165) is 37.6 Å². The van der Waals surface area contributed by atoms with Crippen molar-refractivity contribution in [2.45, 2.75) is 57.4 Å². The first-order valence-corrected chi connectivity index (χ1v) is 8.08. The van der Waals surface area contributed by atoms with Crippen LogP contribution in [0.5, 0.6) is 0 Å². The molecule has 2 aromatic rings. The van der Waals surface area contributed by atoms with Gasteiger partial charge in [-0.05, 0) is 39.2 Å². The summed E-state index contributed by atoms with van der Waals surface area (Å²) in [5.41, 5.74) is 0. The third kappa shape index (κ3) is 2.65. The Labute approximate surface area is 129 Å². The molecule has 3 heterocycles. The molecule has 1 aliphatic heterocycles. The second-order valence-corrected chi connectivity index (χ2v) is 6.43. The van der Waals surface area contributed by atoms with Gasteiger partial charge in [0, 0.05) is 25.3 Å². The van der Waals surface area contributed by atoms with E-state index in [4.69, 9.17) is 8.94 Å². The van der Waals surface area contributed by atoms with Crippen molar-refractivity contribution in [2.75, 3.05) is 13.1 Å². The summed E-state index contributed by atoms with van der Waals surface area (Å²) in [5, 5.41) is 12.3. The molecule has 1 saturated heterocycles. The zero-order valence-electron chi connectivity index (χ0n) is 13.0. The van der Waals surface area contributed by atoms with Crippen LogP contribution >= 0.6 is 0 Å². The highest BCUT2D eigenvalue weighted by atomic mass is 16.5. The lowest BCUT2D eigenvalue weighted by Gasteiger charge is -2.34. The average molecular weight is 303 g/mol. The van der Waals surface area contributed by atoms with Crippen LogP contribution in [-0.2, 0) is 0 Å². The van der Waals surface area contributed by atoms with E-state index >= 15 is 0 Å². The van der Waals surface area contributed by atoms with E-state index in [-0.39, 0.29) is 6.04 Å². The van der Waals surface area contributed by atoms with E-state index in [2.05, 4.69) is 32.2 Å². The Morgan fingerprint density at radius 1 is 1.18 bits per heavy atom. The fraction of sp³-hybridized carbons (Fsp3) is 0.733. The summed E-state index contributed by atoms with van der Waals surface area (Å²) in [6, 6.07) is 0.124. The number of nitrogens with zero attached hydrogens (tertiary/aromatic N) is 5. The lowest BCUT2D eigenvalue weighted by Crippen LogP contribution is -2.36. The molecule has 1 saturated carbocycles. The summed E-state index contributed by atoms with van der Waals surface area (Å²) in [7, 11) is 0. The van der Waals surface area contributed by atoms with Crippen LogP contribution in [0.2, 0.25) is 0 Å². The number of aromatic nitrogens is 4. The van der Waals surface area contributed by atoms with Gasteiger partial charge in [0.1, 0.15) is 0 Å². The molecular formula is C15H21N5O2. The van der Waals surface area contributed by atoms with Crippen molar-refractivity contribution in [1.82, 2.24) is 25.2 Å². The van der Waals surface area contributed by atoms with Crippen LogP contribution in [-0.4, -0.2) is 38.3 Å². The molecule has 22 heavy (non-hydrogen) atoms. The predicted molar refractivity (Wildman–Crippen MR) is 77.3 cm³/mol. The van der Waals surface area contributed by atoms with Crippen LogP contribution in [0.4, 0.5) is 0 Å². The summed E-state index contributed by atoms with van der Waals surface area (Å²) >= 11 is 0.